The number of esters is 1. The number of carbonyl (C=O) groups is 1. The minimum atomic E-state index is -3.08. The first kappa shape index (κ1) is 8.49. The highest BCUT2D eigenvalue weighted by Crippen LogP contribution is 2.22. The van der Waals surface area contributed by atoms with E-state index in [1.54, 1.807) is 37.3 Å². The van der Waals surface area contributed by atoms with Crippen molar-refractivity contribution in [1.82, 2.24) is 5.32 Å². The van der Waals surface area contributed by atoms with Gasteiger partial charge in [0.25, 0.3) is 0 Å². The van der Waals surface area contributed by atoms with Crippen LogP contribution in [0.2, 0.25) is 0 Å². The third kappa shape index (κ3) is 4.71. The predicted octanol–water partition coefficient (Wildman–Crippen LogP) is 4.03. The van der Waals surface area contributed by atoms with E-state index in [2.05, 4.69) is 5.32 Å². The molecule has 22 heavy (non-hydrogen) atoms. The molecular weight excluding hydrogens is 274 g/mol. The largest absolute Gasteiger partial charge is 0.466 e. The highest BCUT2D eigenvalue weighted by Gasteiger charge is 2.19. The van der Waals surface area contributed by atoms with E-state index in [-0.39, 0.29) is 6.61 Å². The van der Waals surface area contributed by atoms with Crippen molar-refractivity contribution in [2.24, 2.45) is 0 Å². The first-order valence-corrected chi connectivity index (χ1v) is 6.97. The van der Waals surface area contributed by atoms with Gasteiger partial charge >= 0.3 is 5.97 Å². The lowest BCUT2D eigenvalue weighted by molar-refractivity contribution is -0.143. The molecule has 2 aromatic rings. The van der Waals surface area contributed by atoms with Gasteiger partial charge in [-0.2, -0.15) is 0 Å². The number of carbonyl (C=O) groups excluding carboxylic acids is 1. The minimum Gasteiger partial charge on any atom is -0.466 e. The van der Waals surface area contributed by atoms with Crippen molar-refractivity contribution in [3.05, 3.63) is 71.7 Å². The second kappa shape index (κ2) is 8.35. The molecule has 2 atom stereocenters. The van der Waals surface area contributed by atoms with Crippen LogP contribution in [0.4, 0.5) is 0 Å². The van der Waals surface area contributed by atoms with Gasteiger partial charge in [0.15, 0.2) is 0 Å². The highest BCUT2D eigenvalue weighted by molar-refractivity contribution is 5.70. The zero-order valence-corrected chi connectivity index (χ0v) is 12.5. The molecule has 0 aliphatic heterocycles. The highest BCUT2D eigenvalue weighted by atomic mass is 16.5. The van der Waals surface area contributed by atoms with Crippen molar-refractivity contribution in [2.45, 2.75) is 32.3 Å². The summed E-state index contributed by atoms with van der Waals surface area (Å²) in [5.74, 6) is -1.38. The standard InChI is InChI=1S/C19H23NO2/c1-3-22-19(21)14-18(17-12-8-5-9-13-17)20-15(2)16-10-6-4-7-11-16/h4-13,15,18,20H,3,14H2,1-2H3/t15?,18-/m0/s1/i5D,8D,9D,12D,13D,14D2,18D. The summed E-state index contributed by atoms with van der Waals surface area (Å²) in [6.45, 7) is 2.95. The summed E-state index contributed by atoms with van der Waals surface area (Å²) in [5.41, 5.74) is -0.0181. The van der Waals surface area contributed by atoms with E-state index in [0.717, 1.165) is 0 Å². The summed E-state index contributed by atoms with van der Waals surface area (Å²) in [6.07, 6.45) is -3.08. The molecule has 0 saturated heterocycles. The maximum Gasteiger partial charge on any atom is 0.307 e. The number of hydrogen-bond acceptors (Lipinski definition) is 3. The van der Waals surface area contributed by atoms with Gasteiger partial charge in [-0.05, 0) is 25.0 Å². The average molecular weight is 305 g/mol. The molecule has 3 nitrogen and oxygen atoms in total. The van der Waals surface area contributed by atoms with E-state index < -0.39 is 60.2 Å². The van der Waals surface area contributed by atoms with Crippen LogP contribution in [0.25, 0.3) is 0 Å². The third-order valence-corrected chi connectivity index (χ3v) is 2.91. The Morgan fingerprint density at radius 1 is 1.27 bits per heavy atom. The van der Waals surface area contributed by atoms with E-state index in [1.807, 2.05) is 0 Å². The lowest BCUT2D eigenvalue weighted by Gasteiger charge is -2.23. The van der Waals surface area contributed by atoms with Crippen molar-refractivity contribution in [3.8, 4) is 0 Å². The summed E-state index contributed by atoms with van der Waals surface area (Å²) in [7, 11) is 0. The van der Waals surface area contributed by atoms with Gasteiger partial charge in [0.2, 0.25) is 0 Å². The molecule has 2 aromatic carbocycles. The zero-order chi connectivity index (χ0) is 22.9. The van der Waals surface area contributed by atoms with Crippen molar-refractivity contribution >= 4 is 5.97 Å². The maximum absolute atomic E-state index is 12.5. The van der Waals surface area contributed by atoms with Crippen LogP contribution in [-0.2, 0) is 9.53 Å². The molecule has 116 valence electrons. The zero-order valence-electron chi connectivity index (χ0n) is 20.5. The van der Waals surface area contributed by atoms with Gasteiger partial charge in [0.1, 0.15) is 0 Å². The van der Waals surface area contributed by atoms with E-state index in [4.69, 9.17) is 15.7 Å². The molecular formula is C19H23NO2. The predicted molar refractivity (Wildman–Crippen MR) is 88.4 cm³/mol. The summed E-state index contributed by atoms with van der Waals surface area (Å²) in [4.78, 5) is 12.5. The summed E-state index contributed by atoms with van der Waals surface area (Å²) in [5, 5.41) is 2.68. The fourth-order valence-corrected chi connectivity index (χ4v) is 1.86. The van der Waals surface area contributed by atoms with Gasteiger partial charge in [-0.15, -0.1) is 0 Å². The Morgan fingerprint density at radius 3 is 2.59 bits per heavy atom. The maximum atomic E-state index is 12.5. The summed E-state index contributed by atoms with van der Waals surface area (Å²) < 4.78 is 70.5. The quantitative estimate of drug-likeness (QED) is 0.785. The van der Waals surface area contributed by atoms with Gasteiger partial charge < -0.3 is 10.1 Å². The Bertz CT molecular complexity index is 909. The Balaban J connectivity index is 2.77. The monoisotopic (exact) mass is 305 g/mol. The Morgan fingerprint density at radius 2 is 1.95 bits per heavy atom. The first-order valence-electron chi connectivity index (χ1n) is 11.0. The van der Waals surface area contributed by atoms with Crippen LogP contribution in [0.15, 0.2) is 60.5 Å². The molecule has 0 heterocycles. The Kier molecular flexibility index (Phi) is 3.22. The molecule has 2 rings (SSSR count). The number of nitrogens with one attached hydrogen (secondary N) is 1. The van der Waals surface area contributed by atoms with E-state index in [1.165, 1.54) is 6.92 Å². The lowest BCUT2D eigenvalue weighted by atomic mass is 10.0. The molecule has 0 fully saturated rings. The van der Waals surface area contributed by atoms with Gasteiger partial charge in [-0.3, -0.25) is 4.79 Å². The first-order chi connectivity index (χ1) is 13.9. The fraction of sp³-hybridized carbons (Fsp3) is 0.316. The van der Waals surface area contributed by atoms with Crippen molar-refractivity contribution < 1.29 is 20.5 Å². The van der Waals surface area contributed by atoms with Crippen LogP contribution in [0, 0.1) is 0 Å². The molecule has 0 saturated carbocycles. The van der Waals surface area contributed by atoms with E-state index >= 15 is 0 Å². The van der Waals surface area contributed by atoms with Crippen molar-refractivity contribution in [2.75, 3.05) is 6.61 Å². The average Bonchev–Trinajstić information content (AvgIpc) is 2.71. The van der Waals surface area contributed by atoms with Gasteiger partial charge in [-0.25, -0.2) is 0 Å². The van der Waals surface area contributed by atoms with Gasteiger partial charge in [0.05, 0.1) is 21.2 Å². The van der Waals surface area contributed by atoms with Crippen LogP contribution >= 0.6 is 0 Å². The lowest BCUT2D eigenvalue weighted by Crippen LogP contribution is -2.27. The normalized spacial score (nSPS) is 20.6. The van der Waals surface area contributed by atoms with Gasteiger partial charge in [0, 0.05) is 14.8 Å². The summed E-state index contributed by atoms with van der Waals surface area (Å²) in [6, 6.07) is 1.59. The molecule has 0 bridgehead atoms. The minimum absolute atomic E-state index is 0.150. The van der Waals surface area contributed by atoms with E-state index in [0.29, 0.717) is 5.56 Å². The van der Waals surface area contributed by atoms with Crippen molar-refractivity contribution in [3.63, 3.8) is 0 Å². The second-order valence-corrected chi connectivity index (χ2v) is 4.50. The molecule has 0 amide bonds. The van der Waals surface area contributed by atoms with Crippen LogP contribution in [-0.4, -0.2) is 12.6 Å². The van der Waals surface area contributed by atoms with Crippen LogP contribution in [0.3, 0.4) is 0 Å². The number of ether oxygens (including phenoxy) is 1. The number of rotatable bonds is 7. The Hall–Kier alpha value is -2.13. The molecule has 0 aliphatic carbocycles. The molecule has 1 N–H and O–H groups in total. The number of hydrogen-bond donors (Lipinski definition) is 1. The van der Waals surface area contributed by atoms with Gasteiger partial charge in [-0.1, -0.05) is 60.5 Å². The molecule has 0 aromatic heterocycles. The second-order valence-electron chi connectivity index (χ2n) is 4.50. The van der Waals surface area contributed by atoms with E-state index in [9.17, 15) is 4.79 Å². The smallest absolute Gasteiger partial charge is 0.307 e. The molecule has 3 heteroatoms. The topological polar surface area (TPSA) is 38.3 Å². The fourth-order valence-electron chi connectivity index (χ4n) is 1.86. The third-order valence-electron chi connectivity index (χ3n) is 2.91. The molecule has 0 spiro atoms. The molecule has 0 radical (unpaired) electrons. The molecule has 1 unspecified atom stereocenters. The van der Waals surface area contributed by atoms with Crippen LogP contribution in [0.1, 0.15) is 54.4 Å². The number of benzene rings is 2. The summed E-state index contributed by atoms with van der Waals surface area (Å²) >= 11 is 0. The van der Waals surface area contributed by atoms with Crippen LogP contribution < -0.4 is 5.32 Å². The van der Waals surface area contributed by atoms with Crippen molar-refractivity contribution in [1.29, 1.82) is 0 Å². The molecule has 0 aliphatic rings. The Labute approximate surface area is 143 Å². The van der Waals surface area contributed by atoms with Crippen LogP contribution in [0.5, 0.6) is 0 Å². The SMILES string of the molecule is [2H]c1c([2H])c([2H])c([C@@]([2H])(NC(C)c2ccccc2)C([2H])([2H])C(=O)OCC)c([2H])c1[2H].